The van der Waals surface area contributed by atoms with Crippen LogP contribution in [-0.4, -0.2) is 48.6 Å². The highest BCUT2D eigenvalue weighted by molar-refractivity contribution is 7.99. The van der Waals surface area contributed by atoms with Crippen LogP contribution < -0.4 is 5.32 Å². The van der Waals surface area contributed by atoms with Gasteiger partial charge in [-0.3, -0.25) is 0 Å². The molecule has 0 saturated carbocycles. The van der Waals surface area contributed by atoms with Crippen LogP contribution in [0.15, 0.2) is 0 Å². The molecule has 1 rings (SSSR count). The first-order valence-electron chi connectivity index (χ1n) is 6.40. The molecular formula is C12H26N2S. The van der Waals surface area contributed by atoms with Crippen molar-refractivity contribution in [2.45, 2.75) is 39.2 Å². The Labute approximate surface area is 99.2 Å². The van der Waals surface area contributed by atoms with Gasteiger partial charge in [-0.2, -0.15) is 11.8 Å². The van der Waals surface area contributed by atoms with Gasteiger partial charge in [0.25, 0.3) is 0 Å². The van der Waals surface area contributed by atoms with E-state index < -0.39 is 0 Å². The summed E-state index contributed by atoms with van der Waals surface area (Å²) in [5.41, 5.74) is 0. The topological polar surface area (TPSA) is 15.3 Å². The number of nitrogens with one attached hydrogen (secondary N) is 1. The van der Waals surface area contributed by atoms with Crippen LogP contribution >= 0.6 is 11.8 Å². The number of thioether (sulfide) groups is 1. The molecule has 0 radical (unpaired) electrons. The minimum atomic E-state index is 0.752. The maximum atomic E-state index is 3.60. The van der Waals surface area contributed by atoms with Gasteiger partial charge < -0.3 is 10.2 Å². The van der Waals surface area contributed by atoms with E-state index in [0.29, 0.717) is 0 Å². The third-order valence-corrected chi connectivity index (χ3v) is 3.93. The lowest BCUT2D eigenvalue weighted by molar-refractivity contribution is 0.195. The van der Waals surface area contributed by atoms with Crippen LogP contribution in [0.25, 0.3) is 0 Å². The minimum absolute atomic E-state index is 0.752. The van der Waals surface area contributed by atoms with Crippen molar-refractivity contribution in [2.24, 2.45) is 0 Å². The van der Waals surface area contributed by atoms with Gasteiger partial charge in [-0.15, -0.1) is 0 Å². The molecule has 0 spiro atoms. The van der Waals surface area contributed by atoms with E-state index in [-0.39, 0.29) is 0 Å². The Bertz CT molecular complexity index is 151. The minimum Gasteiger partial charge on any atom is -0.311 e. The number of nitrogens with zero attached hydrogens (tertiary/aromatic N) is 1. The van der Waals surface area contributed by atoms with E-state index in [4.69, 9.17) is 0 Å². The summed E-state index contributed by atoms with van der Waals surface area (Å²) in [4.78, 5) is 2.63. The third-order valence-electron chi connectivity index (χ3n) is 2.94. The standard InChI is InChI=1S/C12H26N2S/c1-3-6-12-11-14(9-7-13-12)8-5-10-15-4-2/h12-13H,3-11H2,1-2H3. The Hall–Kier alpha value is 0.270. The highest BCUT2D eigenvalue weighted by Crippen LogP contribution is 2.07. The largest absolute Gasteiger partial charge is 0.311 e. The Morgan fingerprint density at radius 2 is 2.27 bits per heavy atom. The van der Waals surface area contributed by atoms with Crippen LogP contribution in [0.5, 0.6) is 0 Å². The summed E-state index contributed by atoms with van der Waals surface area (Å²) in [5, 5.41) is 3.60. The molecule has 0 aromatic rings. The maximum Gasteiger partial charge on any atom is 0.0195 e. The quantitative estimate of drug-likeness (QED) is 0.675. The van der Waals surface area contributed by atoms with Gasteiger partial charge in [0.05, 0.1) is 0 Å². The molecule has 1 unspecified atom stereocenters. The van der Waals surface area contributed by atoms with Gasteiger partial charge in [-0.25, -0.2) is 0 Å². The molecule has 90 valence electrons. The number of hydrogen-bond donors (Lipinski definition) is 1. The van der Waals surface area contributed by atoms with Crippen molar-refractivity contribution in [3.63, 3.8) is 0 Å². The SMILES string of the molecule is CCCC1CN(CCCSCC)CCN1. The van der Waals surface area contributed by atoms with E-state index in [1.165, 1.54) is 56.9 Å². The van der Waals surface area contributed by atoms with Gasteiger partial charge in [-0.1, -0.05) is 20.3 Å². The molecule has 1 fully saturated rings. The van der Waals surface area contributed by atoms with Crippen LogP contribution in [0, 0.1) is 0 Å². The molecule has 0 aromatic heterocycles. The molecule has 0 amide bonds. The van der Waals surface area contributed by atoms with Crippen molar-refractivity contribution in [1.82, 2.24) is 10.2 Å². The molecule has 15 heavy (non-hydrogen) atoms. The molecule has 3 heteroatoms. The lowest BCUT2D eigenvalue weighted by atomic mass is 10.1. The van der Waals surface area contributed by atoms with Crippen molar-refractivity contribution in [3.05, 3.63) is 0 Å². The lowest BCUT2D eigenvalue weighted by Crippen LogP contribution is -2.50. The van der Waals surface area contributed by atoms with Crippen molar-refractivity contribution >= 4 is 11.8 Å². The number of rotatable bonds is 7. The Balaban J connectivity index is 2.07. The van der Waals surface area contributed by atoms with E-state index >= 15 is 0 Å². The van der Waals surface area contributed by atoms with Crippen LogP contribution in [0.2, 0.25) is 0 Å². The zero-order valence-electron chi connectivity index (χ0n) is 10.3. The smallest absolute Gasteiger partial charge is 0.0195 e. The maximum absolute atomic E-state index is 3.60. The second-order valence-electron chi connectivity index (χ2n) is 4.29. The van der Waals surface area contributed by atoms with Crippen LogP contribution in [0.4, 0.5) is 0 Å². The van der Waals surface area contributed by atoms with Gasteiger partial charge in [0, 0.05) is 25.7 Å². The average Bonchev–Trinajstić information content (AvgIpc) is 2.26. The molecular weight excluding hydrogens is 204 g/mol. The summed E-state index contributed by atoms with van der Waals surface area (Å²) in [5.74, 6) is 2.60. The fourth-order valence-electron chi connectivity index (χ4n) is 2.17. The Morgan fingerprint density at radius 1 is 1.40 bits per heavy atom. The summed E-state index contributed by atoms with van der Waals surface area (Å²) in [7, 11) is 0. The first-order chi connectivity index (χ1) is 7.36. The summed E-state index contributed by atoms with van der Waals surface area (Å²) in [6, 6.07) is 0.752. The van der Waals surface area contributed by atoms with E-state index in [1.807, 2.05) is 0 Å². The zero-order valence-corrected chi connectivity index (χ0v) is 11.1. The zero-order chi connectivity index (χ0) is 10.9. The van der Waals surface area contributed by atoms with Gasteiger partial charge in [-0.05, 0) is 30.9 Å². The second-order valence-corrected chi connectivity index (χ2v) is 5.68. The molecule has 0 bridgehead atoms. The number of hydrogen-bond acceptors (Lipinski definition) is 3. The fraction of sp³-hybridized carbons (Fsp3) is 1.00. The molecule has 2 nitrogen and oxygen atoms in total. The number of piperazine rings is 1. The van der Waals surface area contributed by atoms with E-state index in [0.717, 1.165) is 6.04 Å². The van der Waals surface area contributed by atoms with Crippen LogP contribution in [-0.2, 0) is 0 Å². The summed E-state index contributed by atoms with van der Waals surface area (Å²) in [6.07, 6.45) is 3.99. The first-order valence-corrected chi connectivity index (χ1v) is 7.55. The lowest BCUT2D eigenvalue weighted by Gasteiger charge is -2.33. The molecule has 0 aromatic carbocycles. The second kappa shape index (κ2) is 8.43. The van der Waals surface area contributed by atoms with Crippen molar-refractivity contribution in [3.8, 4) is 0 Å². The fourth-order valence-corrected chi connectivity index (χ4v) is 2.80. The van der Waals surface area contributed by atoms with Gasteiger partial charge >= 0.3 is 0 Å². The molecule has 1 atom stereocenters. The van der Waals surface area contributed by atoms with Crippen molar-refractivity contribution in [2.75, 3.05) is 37.7 Å². The van der Waals surface area contributed by atoms with Gasteiger partial charge in [0.15, 0.2) is 0 Å². The monoisotopic (exact) mass is 230 g/mol. The summed E-state index contributed by atoms with van der Waals surface area (Å²) >= 11 is 2.07. The highest BCUT2D eigenvalue weighted by Gasteiger charge is 2.17. The molecule has 1 aliphatic rings. The molecule has 1 saturated heterocycles. The highest BCUT2D eigenvalue weighted by atomic mass is 32.2. The summed E-state index contributed by atoms with van der Waals surface area (Å²) in [6.45, 7) is 9.52. The van der Waals surface area contributed by atoms with E-state index in [1.54, 1.807) is 0 Å². The normalized spacial score (nSPS) is 23.2. The van der Waals surface area contributed by atoms with E-state index in [9.17, 15) is 0 Å². The predicted octanol–water partition coefficient (Wildman–Crippen LogP) is 2.20. The average molecular weight is 230 g/mol. The Kier molecular flexibility index (Phi) is 7.49. The van der Waals surface area contributed by atoms with Crippen LogP contribution in [0.1, 0.15) is 33.1 Å². The molecule has 0 aliphatic carbocycles. The summed E-state index contributed by atoms with van der Waals surface area (Å²) < 4.78 is 0. The van der Waals surface area contributed by atoms with Gasteiger partial charge in [0.1, 0.15) is 0 Å². The van der Waals surface area contributed by atoms with Gasteiger partial charge in [0.2, 0.25) is 0 Å². The molecule has 1 aliphatic heterocycles. The first kappa shape index (κ1) is 13.3. The molecule has 1 N–H and O–H groups in total. The van der Waals surface area contributed by atoms with E-state index in [2.05, 4.69) is 35.8 Å². The predicted molar refractivity (Wildman–Crippen MR) is 70.8 cm³/mol. The van der Waals surface area contributed by atoms with Crippen molar-refractivity contribution in [1.29, 1.82) is 0 Å². The van der Waals surface area contributed by atoms with Crippen LogP contribution in [0.3, 0.4) is 0 Å². The third kappa shape index (κ3) is 5.79. The molecule has 1 heterocycles. The Morgan fingerprint density at radius 3 is 3.00 bits per heavy atom. The van der Waals surface area contributed by atoms with Crippen molar-refractivity contribution < 1.29 is 0 Å².